The number of nitrogens with zero attached hydrogens (tertiary/aromatic N) is 1. The van der Waals surface area contributed by atoms with Crippen molar-refractivity contribution >= 4 is 30.1 Å². The van der Waals surface area contributed by atoms with Crippen LogP contribution in [0.1, 0.15) is 27.6 Å². The van der Waals surface area contributed by atoms with Crippen LogP contribution in [0.2, 0.25) is 0 Å². The van der Waals surface area contributed by atoms with Crippen molar-refractivity contribution in [3.05, 3.63) is 35.4 Å². The van der Waals surface area contributed by atoms with E-state index < -0.39 is 6.04 Å². The summed E-state index contributed by atoms with van der Waals surface area (Å²) in [4.78, 5) is 37.7. The Hall–Kier alpha value is -1.96. The minimum absolute atomic E-state index is 0. The highest BCUT2D eigenvalue weighted by molar-refractivity contribution is 6.21. The average Bonchev–Trinajstić information content (AvgIpc) is 2.80. The lowest BCUT2D eigenvalue weighted by Crippen LogP contribution is -2.56. The van der Waals surface area contributed by atoms with Gasteiger partial charge in [-0.1, -0.05) is 12.1 Å². The maximum Gasteiger partial charge on any atom is 0.261 e. The van der Waals surface area contributed by atoms with E-state index in [1.807, 2.05) is 6.92 Å². The average molecular weight is 354 g/mol. The molecule has 0 radical (unpaired) electrons. The van der Waals surface area contributed by atoms with Crippen molar-refractivity contribution in [3.8, 4) is 0 Å². The van der Waals surface area contributed by atoms with Gasteiger partial charge in [-0.3, -0.25) is 19.3 Å². The lowest BCUT2D eigenvalue weighted by atomic mass is 10.1. The van der Waals surface area contributed by atoms with E-state index in [-0.39, 0.29) is 49.3 Å². The number of amides is 3. The van der Waals surface area contributed by atoms with Gasteiger partial charge >= 0.3 is 0 Å². The number of ether oxygens (including phenoxy) is 1. The molecule has 2 atom stereocenters. The normalized spacial score (nSPS) is 22.8. The zero-order chi connectivity index (χ0) is 16.4. The van der Waals surface area contributed by atoms with Crippen molar-refractivity contribution in [2.75, 3.05) is 26.2 Å². The second-order valence-corrected chi connectivity index (χ2v) is 5.61. The third kappa shape index (κ3) is 3.43. The van der Waals surface area contributed by atoms with Crippen LogP contribution in [-0.2, 0) is 9.53 Å². The van der Waals surface area contributed by atoms with Crippen LogP contribution < -0.4 is 10.6 Å². The van der Waals surface area contributed by atoms with E-state index in [0.717, 1.165) is 0 Å². The van der Waals surface area contributed by atoms with Crippen LogP contribution in [0.15, 0.2) is 24.3 Å². The van der Waals surface area contributed by atoms with Gasteiger partial charge in [0.2, 0.25) is 5.91 Å². The van der Waals surface area contributed by atoms with Gasteiger partial charge in [0, 0.05) is 19.6 Å². The highest BCUT2D eigenvalue weighted by atomic mass is 35.5. The molecule has 0 unspecified atom stereocenters. The molecule has 1 aromatic carbocycles. The molecule has 0 aromatic heterocycles. The minimum atomic E-state index is -0.411. The molecule has 1 aromatic rings. The molecule has 0 saturated carbocycles. The van der Waals surface area contributed by atoms with E-state index in [0.29, 0.717) is 24.3 Å². The van der Waals surface area contributed by atoms with Gasteiger partial charge in [-0.25, -0.2) is 0 Å². The largest absolute Gasteiger partial charge is 0.375 e. The van der Waals surface area contributed by atoms with Gasteiger partial charge in [0.1, 0.15) is 6.04 Å². The molecule has 2 heterocycles. The Labute approximate surface area is 146 Å². The summed E-state index contributed by atoms with van der Waals surface area (Å²) in [6.45, 7) is 3.41. The molecule has 130 valence electrons. The van der Waals surface area contributed by atoms with Gasteiger partial charge in [-0.2, -0.15) is 0 Å². The standard InChI is InChI=1S/C16H19N3O4.ClH/c1-10-13(17-7-9-23-10)14(20)18-6-8-19-15(21)11-4-2-3-5-12(11)16(19)22;/h2-5,10,13,17H,6-9H2,1H3,(H,18,20);1H/t10-,13+;/m1./s1. The number of hydrogen-bond donors (Lipinski definition) is 2. The molecule has 1 saturated heterocycles. The fourth-order valence-corrected chi connectivity index (χ4v) is 2.87. The maximum absolute atomic E-state index is 12.2. The molecular formula is C16H20ClN3O4. The van der Waals surface area contributed by atoms with E-state index in [4.69, 9.17) is 4.74 Å². The number of halogens is 1. The third-order valence-corrected chi connectivity index (χ3v) is 4.11. The molecule has 3 amide bonds. The van der Waals surface area contributed by atoms with Gasteiger partial charge in [-0.15, -0.1) is 12.4 Å². The lowest BCUT2D eigenvalue weighted by molar-refractivity contribution is -0.128. The predicted molar refractivity (Wildman–Crippen MR) is 89.3 cm³/mol. The SMILES string of the molecule is C[C@H]1OCCN[C@@H]1C(=O)NCCN1C(=O)c2ccccc2C1=O.Cl. The first-order valence-electron chi connectivity index (χ1n) is 7.67. The molecule has 8 heteroatoms. The fourth-order valence-electron chi connectivity index (χ4n) is 2.87. The number of carbonyl (C=O) groups is 3. The molecule has 24 heavy (non-hydrogen) atoms. The van der Waals surface area contributed by atoms with E-state index in [1.165, 1.54) is 4.90 Å². The van der Waals surface area contributed by atoms with Crippen LogP contribution in [0.4, 0.5) is 0 Å². The Balaban J connectivity index is 0.00000208. The zero-order valence-corrected chi connectivity index (χ0v) is 14.1. The summed E-state index contributed by atoms with van der Waals surface area (Å²) in [7, 11) is 0. The van der Waals surface area contributed by atoms with Gasteiger partial charge in [0.15, 0.2) is 0 Å². The van der Waals surface area contributed by atoms with Crippen LogP contribution in [0.3, 0.4) is 0 Å². The topological polar surface area (TPSA) is 87.7 Å². The zero-order valence-electron chi connectivity index (χ0n) is 13.3. The Bertz CT molecular complexity index is 617. The quantitative estimate of drug-likeness (QED) is 0.755. The van der Waals surface area contributed by atoms with Gasteiger partial charge < -0.3 is 15.4 Å². The molecular weight excluding hydrogens is 334 g/mol. The second kappa shape index (κ2) is 7.74. The van der Waals surface area contributed by atoms with E-state index in [9.17, 15) is 14.4 Å². The highest BCUT2D eigenvalue weighted by Gasteiger charge is 2.35. The molecule has 0 aliphatic carbocycles. The molecule has 1 fully saturated rings. The number of benzene rings is 1. The summed E-state index contributed by atoms with van der Waals surface area (Å²) < 4.78 is 5.43. The van der Waals surface area contributed by atoms with E-state index >= 15 is 0 Å². The minimum Gasteiger partial charge on any atom is -0.375 e. The maximum atomic E-state index is 12.2. The summed E-state index contributed by atoms with van der Waals surface area (Å²) >= 11 is 0. The Morgan fingerprint density at radius 3 is 2.50 bits per heavy atom. The fraction of sp³-hybridized carbons (Fsp3) is 0.438. The summed E-state index contributed by atoms with van der Waals surface area (Å²) in [5, 5.41) is 5.84. The van der Waals surface area contributed by atoms with Crippen LogP contribution in [0.5, 0.6) is 0 Å². The van der Waals surface area contributed by atoms with E-state index in [1.54, 1.807) is 24.3 Å². The highest BCUT2D eigenvalue weighted by Crippen LogP contribution is 2.21. The van der Waals surface area contributed by atoms with Crippen molar-refractivity contribution < 1.29 is 19.1 Å². The summed E-state index contributed by atoms with van der Waals surface area (Å²) in [5.41, 5.74) is 0.833. The molecule has 0 spiro atoms. The summed E-state index contributed by atoms with van der Waals surface area (Å²) in [5.74, 6) is -0.812. The van der Waals surface area contributed by atoms with Crippen LogP contribution in [0.25, 0.3) is 0 Å². The van der Waals surface area contributed by atoms with Crippen LogP contribution >= 0.6 is 12.4 Å². The number of carbonyl (C=O) groups excluding carboxylic acids is 3. The van der Waals surface area contributed by atoms with Crippen molar-refractivity contribution in [3.63, 3.8) is 0 Å². The number of imide groups is 1. The first-order chi connectivity index (χ1) is 11.1. The number of hydrogen-bond acceptors (Lipinski definition) is 5. The van der Waals surface area contributed by atoms with Crippen LogP contribution in [0, 0.1) is 0 Å². The van der Waals surface area contributed by atoms with Gasteiger partial charge in [0.05, 0.1) is 23.8 Å². The molecule has 7 nitrogen and oxygen atoms in total. The molecule has 0 bridgehead atoms. The monoisotopic (exact) mass is 353 g/mol. The van der Waals surface area contributed by atoms with Gasteiger partial charge in [-0.05, 0) is 19.1 Å². The smallest absolute Gasteiger partial charge is 0.261 e. The summed E-state index contributed by atoms with van der Waals surface area (Å²) in [6, 6.07) is 6.32. The van der Waals surface area contributed by atoms with Gasteiger partial charge in [0.25, 0.3) is 11.8 Å². The summed E-state index contributed by atoms with van der Waals surface area (Å²) in [6.07, 6.45) is -0.206. The van der Waals surface area contributed by atoms with Crippen molar-refractivity contribution in [1.29, 1.82) is 0 Å². The van der Waals surface area contributed by atoms with E-state index in [2.05, 4.69) is 10.6 Å². The Morgan fingerprint density at radius 1 is 1.29 bits per heavy atom. The van der Waals surface area contributed by atoms with Crippen molar-refractivity contribution in [1.82, 2.24) is 15.5 Å². The first kappa shape index (κ1) is 18.4. The number of fused-ring (bicyclic) bond motifs is 1. The molecule has 2 aliphatic rings. The molecule has 2 aliphatic heterocycles. The lowest BCUT2D eigenvalue weighted by Gasteiger charge is -2.29. The number of nitrogens with one attached hydrogen (secondary N) is 2. The molecule has 2 N–H and O–H groups in total. The second-order valence-electron chi connectivity index (χ2n) is 5.61. The third-order valence-electron chi connectivity index (χ3n) is 4.11. The van der Waals surface area contributed by atoms with Crippen molar-refractivity contribution in [2.45, 2.75) is 19.1 Å². The predicted octanol–water partition coefficient (Wildman–Crippen LogP) is 0.198. The Kier molecular flexibility index (Phi) is 5.93. The Morgan fingerprint density at radius 2 is 1.92 bits per heavy atom. The van der Waals surface area contributed by atoms with Crippen molar-refractivity contribution in [2.24, 2.45) is 0 Å². The molecule has 3 rings (SSSR count). The first-order valence-corrected chi connectivity index (χ1v) is 7.67. The number of morpholine rings is 1. The number of rotatable bonds is 4. The van der Waals surface area contributed by atoms with Crippen LogP contribution in [-0.4, -0.2) is 61.0 Å².